The van der Waals surface area contributed by atoms with E-state index < -0.39 is 0 Å². The Balaban J connectivity index is 1.35. The number of hydrogen-bond acceptors (Lipinski definition) is 4. The predicted molar refractivity (Wildman–Crippen MR) is 103 cm³/mol. The van der Waals surface area contributed by atoms with Crippen molar-refractivity contribution in [3.8, 4) is 11.4 Å². The maximum atomic E-state index is 12.3. The molecule has 6 heteroatoms. The van der Waals surface area contributed by atoms with E-state index in [1.165, 1.54) is 0 Å². The Kier molecular flexibility index (Phi) is 5.23. The lowest BCUT2D eigenvalue weighted by molar-refractivity contribution is -0.121. The number of nitrogens with zero attached hydrogens (tertiary/aromatic N) is 4. The average molecular weight is 361 g/mol. The van der Waals surface area contributed by atoms with E-state index in [-0.39, 0.29) is 11.9 Å². The number of benzene rings is 1. The van der Waals surface area contributed by atoms with Crippen molar-refractivity contribution in [3.05, 3.63) is 66.2 Å². The third kappa shape index (κ3) is 4.22. The molecule has 1 aliphatic heterocycles. The monoisotopic (exact) mass is 361 g/mol. The van der Waals surface area contributed by atoms with E-state index in [2.05, 4.69) is 37.2 Å². The molecule has 1 amide bonds. The number of carbonyl (C=O) groups is 1. The van der Waals surface area contributed by atoms with Gasteiger partial charge in [-0.1, -0.05) is 30.3 Å². The summed E-state index contributed by atoms with van der Waals surface area (Å²) < 4.78 is 2.19. The maximum absolute atomic E-state index is 12.3. The van der Waals surface area contributed by atoms with Crippen molar-refractivity contribution in [2.75, 3.05) is 0 Å². The Hall–Kier alpha value is -3.02. The van der Waals surface area contributed by atoms with E-state index in [1.54, 1.807) is 12.4 Å². The first-order chi connectivity index (χ1) is 13.3. The maximum Gasteiger partial charge on any atom is 0.220 e. The molecule has 1 aliphatic rings. The lowest BCUT2D eigenvalue weighted by Crippen LogP contribution is -2.35. The molecule has 27 heavy (non-hydrogen) atoms. The quantitative estimate of drug-likeness (QED) is 0.758. The Morgan fingerprint density at radius 3 is 2.70 bits per heavy atom. The molecule has 0 spiro atoms. The molecule has 138 valence electrons. The second-order valence-corrected chi connectivity index (χ2v) is 6.90. The van der Waals surface area contributed by atoms with Crippen molar-refractivity contribution in [1.82, 2.24) is 25.1 Å². The molecule has 0 bridgehead atoms. The molecule has 6 nitrogen and oxygen atoms in total. The summed E-state index contributed by atoms with van der Waals surface area (Å²) >= 11 is 0. The normalized spacial score (nSPS) is 16.4. The number of aromatic nitrogens is 4. The molecule has 1 unspecified atom stereocenters. The van der Waals surface area contributed by atoms with Crippen LogP contribution in [0, 0.1) is 0 Å². The molecule has 1 atom stereocenters. The average Bonchev–Trinajstić information content (AvgIpc) is 3.02. The van der Waals surface area contributed by atoms with Gasteiger partial charge in [-0.3, -0.25) is 9.78 Å². The lowest BCUT2D eigenvalue weighted by atomic mass is 10.1. The largest absolute Gasteiger partial charge is 0.353 e. The number of hydrogen-bond donors (Lipinski definition) is 1. The van der Waals surface area contributed by atoms with Gasteiger partial charge < -0.3 is 9.88 Å². The first-order valence-corrected chi connectivity index (χ1v) is 9.45. The number of pyridine rings is 1. The fourth-order valence-electron chi connectivity index (χ4n) is 3.54. The lowest BCUT2D eigenvalue weighted by Gasteiger charge is -2.16. The van der Waals surface area contributed by atoms with Gasteiger partial charge in [0, 0.05) is 43.4 Å². The van der Waals surface area contributed by atoms with Gasteiger partial charge in [0.15, 0.2) is 5.82 Å². The summed E-state index contributed by atoms with van der Waals surface area (Å²) in [7, 11) is 0. The van der Waals surface area contributed by atoms with Crippen molar-refractivity contribution >= 4 is 5.91 Å². The van der Waals surface area contributed by atoms with Crippen LogP contribution in [-0.2, 0) is 24.2 Å². The van der Waals surface area contributed by atoms with Crippen LogP contribution in [-0.4, -0.2) is 31.7 Å². The molecule has 0 saturated heterocycles. The molecule has 1 aromatic carbocycles. The highest BCUT2D eigenvalue weighted by atomic mass is 16.1. The molecule has 0 fully saturated rings. The van der Waals surface area contributed by atoms with Crippen LogP contribution in [0.25, 0.3) is 11.4 Å². The van der Waals surface area contributed by atoms with Crippen LogP contribution in [0.3, 0.4) is 0 Å². The summed E-state index contributed by atoms with van der Waals surface area (Å²) in [6, 6.07) is 14.2. The highest BCUT2D eigenvalue weighted by molar-refractivity contribution is 5.76. The highest BCUT2D eigenvalue weighted by Gasteiger charge is 2.21. The van der Waals surface area contributed by atoms with Gasteiger partial charge in [0.05, 0.1) is 0 Å². The van der Waals surface area contributed by atoms with E-state index in [0.717, 1.165) is 55.0 Å². The van der Waals surface area contributed by atoms with E-state index in [0.29, 0.717) is 6.42 Å². The van der Waals surface area contributed by atoms with Gasteiger partial charge in [0.25, 0.3) is 0 Å². The van der Waals surface area contributed by atoms with Gasteiger partial charge >= 0.3 is 0 Å². The number of rotatable bonds is 5. The van der Waals surface area contributed by atoms with Crippen molar-refractivity contribution in [3.63, 3.8) is 0 Å². The zero-order valence-corrected chi connectivity index (χ0v) is 15.2. The molecule has 0 saturated carbocycles. The fraction of sp³-hybridized carbons (Fsp3) is 0.333. The molecule has 0 aliphatic carbocycles. The van der Waals surface area contributed by atoms with Gasteiger partial charge in [0.1, 0.15) is 5.82 Å². The van der Waals surface area contributed by atoms with Crippen LogP contribution in [0.15, 0.2) is 54.9 Å². The molecular formula is C21H23N5O. The topological polar surface area (TPSA) is 72.7 Å². The SMILES string of the molecule is O=C(CCc1ccncc1)NC1CCc2nnc(-c3ccccc3)n2CC1. The van der Waals surface area contributed by atoms with E-state index in [1.807, 2.05) is 30.3 Å². The summed E-state index contributed by atoms with van der Waals surface area (Å²) in [5, 5.41) is 12.0. The zero-order valence-electron chi connectivity index (χ0n) is 15.2. The van der Waals surface area contributed by atoms with E-state index in [9.17, 15) is 4.79 Å². The number of aryl methyl sites for hydroxylation is 2. The predicted octanol–water partition coefficient (Wildman–Crippen LogP) is 2.79. The van der Waals surface area contributed by atoms with Crippen molar-refractivity contribution < 1.29 is 4.79 Å². The third-order valence-corrected chi connectivity index (χ3v) is 5.03. The zero-order chi connectivity index (χ0) is 18.5. The number of carbonyl (C=O) groups excluding carboxylic acids is 1. The molecule has 3 heterocycles. The van der Waals surface area contributed by atoms with Crippen LogP contribution >= 0.6 is 0 Å². The fourth-order valence-corrected chi connectivity index (χ4v) is 3.54. The minimum Gasteiger partial charge on any atom is -0.353 e. The minimum absolute atomic E-state index is 0.109. The van der Waals surface area contributed by atoms with Crippen LogP contribution in [0.4, 0.5) is 0 Å². The second-order valence-electron chi connectivity index (χ2n) is 6.90. The van der Waals surface area contributed by atoms with E-state index >= 15 is 0 Å². The molecule has 1 N–H and O–H groups in total. The number of nitrogens with one attached hydrogen (secondary N) is 1. The smallest absolute Gasteiger partial charge is 0.220 e. The van der Waals surface area contributed by atoms with Crippen molar-refractivity contribution in [2.45, 2.75) is 44.7 Å². The van der Waals surface area contributed by atoms with Gasteiger partial charge in [-0.15, -0.1) is 10.2 Å². The Morgan fingerprint density at radius 1 is 1.07 bits per heavy atom. The molecule has 2 aromatic heterocycles. The minimum atomic E-state index is 0.109. The molecular weight excluding hydrogens is 338 g/mol. The van der Waals surface area contributed by atoms with Crippen LogP contribution in [0.1, 0.15) is 30.7 Å². The standard InChI is InChI=1S/C21H23N5O/c27-20(9-6-16-10-13-22-14-11-16)23-18-7-8-19-24-25-21(26(19)15-12-18)17-4-2-1-3-5-17/h1-5,10-11,13-14,18H,6-9,12,15H2,(H,23,27). The van der Waals surface area contributed by atoms with Gasteiger partial charge in [-0.25, -0.2) is 0 Å². The Labute approximate surface area is 158 Å². The first kappa shape index (κ1) is 17.4. The van der Waals surface area contributed by atoms with Crippen LogP contribution in [0.5, 0.6) is 0 Å². The summed E-state index contributed by atoms with van der Waals surface area (Å²) in [6.45, 7) is 0.821. The van der Waals surface area contributed by atoms with Crippen LogP contribution < -0.4 is 5.32 Å². The molecule has 3 aromatic rings. The molecule has 4 rings (SSSR count). The summed E-state index contributed by atoms with van der Waals surface area (Å²) in [6.07, 6.45) is 7.39. The van der Waals surface area contributed by atoms with E-state index in [4.69, 9.17) is 0 Å². The third-order valence-electron chi connectivity index (χ3n) is 5.03. The summed E-state index contributed by atoms with van der Waals surface area (Å²) in [5.74, 6) is 2.02. The number of amides is 1. The first-order valence-electron chi connectivity index (χ1n) is 9.45. The Bertz CT molecular complexity index is 891. The van der Waals surface area contributed by atoms with Gasteiger partial charge in [-0.05, 0) is 37.0 Å². The summed E-state index contributed by atoms with van der Waals surface area (Å²) in [5.41, 5.74) is 2.22. The number of fused-ring (bicyclic) bond motifs is 1. The van der Waals surface area contributed by atoms with Gasteiger partial charge in [-0.2, -0.15) is 0 Å². The van der Waals surface area contributed by atoms with Gasteiger partial charge in [0.2, 0.25) is 5.91 Å². The molecule has 0 radical (unpaired) electrons. The van der Waals surface area contributed by atoms with Crippen molar-refractivity contribution in [2.24, 2.45) is 0 Å². The second kappa shape index (κ2) is 8.12. The highest BCUT2D eigenvalue weighted by Crippen LogP contribution is 2.22. The summed E-state index contributed by atoms with van der Waals surface area (Å²) in [4.78, 5) is 16.3. The van der Waals surface area contributed by atoms with Crippen LogP contribution in [0.2, 0.25) is 0 Å². The Morgan fingerprint density at radius 2 is 1.89 bits per heavy atom. The van der Waals surface area contributed by atoms with Crippen molar-refractivity contribution in [1.29, 1.82) is 0 Å².